The fraction of sp³-hybridized carbons (Fsp3) is 0.125. The highest BCUT2D eigenvalue weighted by atomic mass is 16.1. The van der Waals surface area contributed by atoms with Crippen molar-refractivity contribution in [3.63, 3.8) is 0 Å². The van der Waals surface area contributed by atoms with E-state index in [0.717, 1.165) is 22.5 Å². The molecule has 0 radical (unpaired) electrons. The van der Waals surface area contributed by atoms with Gasteiger partial charge < -0.3 is 5.73 Å². The minimum absolute atomic E-state index is 0.192. The lowest BCUT2D eigenvalue weighted by molar-refractivity contribution is 0.926. The lowest BCUT2D eigenvalue weighted by atomic mass is 10.1. The topological polar surface area (TPSA) is 60.9 Å². The van der Waals surface area contributed by atoms with Gasteiger partial charge in [-0.2, -0.15) is 4.98 Å². The van der Waals surface area contributed by atoms with Crippen LogP contribution in [0, 0.1) is 13.8 Å². The van der Waals surface area contributed by atoms with E-state index in [-0.39, 0.29) is 5.56 Å². The SMILES string of the molecule is Cc1cc(N)ccc1-n1c(C)nc(=O)c2ccccc21. The second kappa shape index (κ2) is 4.49. The first-order chi connectivity index (χ1) is 9.58. The Bertz CT molecular complexity index is 865. The number of aryl methyl sites for hydroxylation is 2. The molecule has 3 aromatic rings. The summed E-state index contributed by atoms with van der Waals surface area (Å²) in [6, 6.07) is 13.2. The summed E-state index contributed by atoms with van der Waals surface area (Å²) in [5.74, 6) is 0.668. The molecule has 0 amide bonds. The summed E-state index contributed by atoms with van der Waals surface area (Å²) >= 11 is 0. The van der Waals surface area contributed by atoms with Gasteiger partial charge >= 0.3 is 0 Å². The predicted octanol–water partition coefficient (Wildman–Crippen LogP) is 2.58. The molecule has 0 aliphatic rings. The van der Waals surface area contributed by atoms with Crippen LogP contribution in [0.25, 0.3) is 16.6 Å². The summed E-state index contributed by atoms with van der Waals surface area (Å²) in [5.41, 5.74) is 9.23. The Morgan fingerprint density at radius 3 is 2.60 bits per heavy atom. The van der Waals surface area contributed by atoms with Gasteiger partial charge in [-0.3, -0.25) is 9.36 Å². The highest BCUT2D eigenvalue weighted by Gasteiger charge is 2.10. The number of nitrogen functional groups attached to an aromatic ring is 1. The van der Waals surface area contributed by atoms with Crippen LogP contribution in [0.15, 0.2) is 47.3 Å². The molecule has 3 rings (SSSR count). The number of benzene rings is 2. The fourth-order valence-corrected chi connectivity index (χ4v) is 2.51. The molecule has 0 unspecified atom stereocenters. The van der Waals surface area contributed by atoms with Gasteiger partial charge in [0.15, 0.2) is 0 Å². The molecule has 0 saturated heterocycles. The predicted molar refractivity (Wildman–Crippen MR) is 81.2 cm³/mol. The Hall–Kier alpha value is -2.62. The minimum Gasteiger partial charge on any atom is -0.399 e. The molecule has 0 spiro atoms. The molecule has 2 aromatic carbocycles. The number of hydrogen-bond donors (Lipinski definition) is 1. The molecule has 1 heterocycles. The molecule has 0 fully saturated rings. The molecule has 0 aliphatic heterocycles. The summed E-state index contributed by atoms with van der Waals surface area (Å²) < 4.78 is 1.99. The van der Waals surface area contributed by atoms with Gasteiger partial charge in [0.2, 0.25) is 0 Å². The number of anilines is 1. The monoisotopic (exact) mass is 265 g/mol. The van der Waals surface area contributed by atoms with Gasteiger partial charge in [-0.15, -0.1) is 0 Å². The third kappa shape index (κ3) is 1.86. The zero-order valence-electron chi connectivity index (χ0n) is 11.4. The molecule has 4 heteroatoms. The maximum absolute atomic E-state index is 12.0. The van der Waals surface area contributed by atoms with Crippen molar-refractivity contribution in [2.75, 3.05) is 5.73 Å². The van der Waals surface area contributed by atoms with Crippen molar-refractivity contribution in [1.82, 2.24) is 9.55 Å². The van der Waals surface area contributed by atoms with E-state index < -0.39 is 0 Å². The minimum atomic E-state index is -0.192. The second-order valence-corrected chi connectivity index (χ2v) is 4.86. The zero-order valence-corrected chi connectivity index (χ0v) is 11.4. The first-order valence-corrected chi connectivity index (χ1v) is 6.43. The van der Waals surface area contributed by atoms with Gasteiger partial charge in [-0.1, -0.05) is 12.1 Å². The van der Waals surface area contributed by atoms with Gasteiger partial charge in [-0.25, -0.2) is 0 Å². The Kier molecular flexibility index (Phi) is 2.79. The van der Waals surface area contributed by atoms with Crippen molar-refractivity contribution >= 4 is 16.6 Å². The molecule has 0 aliphatic carbocycles. The van der Waals surface area contributed by atoms with E-state index in [1.165, 1.54) is 0 Å². The molecule has 20 heavy (non-hydrogen) atoms. The molecule has 1 aromatic heterocycles. The molecule has 0 saturated carbocycles. The quantitative estimate of drug-likeness (QED) is 0.688. The second-order valence-electron chi connectivity index (χ2n) is 4.86. The smallest absolute Gasteiger partial charge is 0.280 e. The summed E-state index contributed by atoms with van der Waals surface area (Å²) in [4.78, 5) is 16.1. The molecule has 2 N–H and O–H groups in total. The molecular formula is C16H15N3O. The van der Waals surface area contributed by atoms with Crippen LogP contribution in [0.5, 0.6) is 0 Å². The molecule has 100 valence electrons. The van der Waals surface area contributed by atoms with Crippen molar-refractivity contribution in [2.24, 2.45) is 0 Å². The summed E-state index contributed by atoms with van der Waals surface area (Å²) in [5, 5.41) is 0.620. The van der Waals surface area contributed by atoms with Crippen LogP contribution in [-0.2, 0) is 0 Å². The normalized spacial score (nSPS) is 10.9. The number of para-hydroxylation sites is 1. The van der Waals surface area contributed by atoms with E-state index in [4.69, 9.17) is 5.73 Å². The number of aromatic nitrogens is 2. The van der Waals surface area contributed by atoms with E-state index in [2.05, 4.69) is 4.98 Å². The fourth-order valence-electron chi connectivity index (χ4n) is 2.51. The van der Waals surface area contributed by atoms with Gasteiger partial charge in [0, 0.05) is 5.69 Å². The highest BCUT2D eigenvalue weighted by molar-refractivity contribution is 5.80. The number of fused-ring (bicyclic) bond motifs is 1. The standard InChI is InChI=1S/C16H15N3O/c1-10-9-12(17)7-8-14(10)19-11(2)18-16(20)13-5-3-4-6-15(13)19/h3-9H,17H2,1-2H3. The molecule has 4 nitrogen and oxygen atoms in total. The Morgan fingerprint density at radius 1 is 1.10 bits per heavy atom. The molecule has 0 atom stereocenters. The van der Waals surface area contributed by atoms with Crippen LogP contribution in [0.2, 0.25) is 0 Å². The largest absolute Gasteiger partial charge is 0.399 e. The maximum atomic E-state index is 12.0. The first-order valence-electron chi connectivity index (χ1n) is 6.43. The van der Waals surface area contributed by atoms with Crippen LogP contribution in [0.3, 0.4) is 0 Å². The average Bonchev–Trinajstić information content (AvgIpc) is 2.41. The van der Waals surface area contributed by atoms with E-state index in [0.29, 0.717) is 11.2 Å². The number of nitrogens with two attached hydrogens (primary N) is 1. The van der Waals surface area contributed by atoms with E-state index in [1.54, 1.807) is 6.07 Å². The third-order valence-corrected chi connectivity index (χ3v) is 3.42. The Labute approximate surface area is 116 Å². The Morgan fingerprint density at radius 2 is 1.85 bits per heavy atom. The lowest BCUT2D eigenvalue weighted by Gasteiger charge is -2.16. The van der Waals surface area contributed by atoms with Crippen molar-refractivity contribution in [2.45, 2.75) is 13.8 Å². The lowest BCUT2D eigenvalue weighted by Crippen LogP contribution is -2.16. The van der Waals surface area contributed by atoms with Gasteiger partial charge in [0.1, 0.15) is 5.82 Å². The van der Waals surface area contributed by atoms with Crippen molar-refractivity contribution in [3.05, 3.63) is 64.2 Å². The van der Waals surface area contributed by atoms with Crippen LogP contribution in [0.4, 0.5) is 5.69 Å². The number of hydrogen-bond acceptors (Lipinski definition) is 3. The van der Waals surface area contributed by atoms with Crippen LogP contribution in [0.1, 0.15) is 11.4 Å². The van der Waals surface area contributed by atoms with Crippen LogP contribution >= 0.6 is 0 Å². The number of nitrogens with zero attached hydrogens (tertiary/aromatic N) is 2. The highest BCUT2D eigenvalue weighted by Crippen LogP contribution is 2.22. The summed E-state index contributed by atoms with van der Waals surface area (Å²) in [6.07, 6.45) is 0. The maximum Gasteiger partial charge on any atom is 0.280 e. The van der Waals surface area contributed by atoms with Crippen LogP contribution < -0.4 is 11.3 Å². The van der Waals surface area contributed by atoms with Crippen LogP contribution in [-0.4, -0.2) is 9.55 Å². The van der Waals surface area contributed by atoms with E-state index in [9.17, 15) is 4.79 Å². The van der Waals surface area contributed by atoms with E-state index in [1.807, 2.05) is 54.8 Å². The third-order valence-electron chi connectivity index (χ3n) is 3.42. The van der Waals surface area contributed by atoms with Crippen molar-refractivity contribution in [3.8, 4) is 5.69 Å². The average molecular weight is 265 g/mol. The Balaban J connectivity index is 2.45. The summed E-state index contributed by atoms with van der Waals surface area (Å²) in [6.45, 7) is 3.83. The van der Waals surface area contributed by atoms with Gasteiger partial charge in [0.05, 0.1) is 16.6 Å². The van der Waals surface area contributed by atoms with Gasteiger partial charge in [0.25, 0.3) is 5.56 Å². The molecular weight excluding hydrogens is 250 g/mol. The summed E-state index contributed by atoms with van der Waals surface area (Å²) in [7, 11) is 0. The first kappa shape index (κ1) is 12.4. The van der Waals surface area contributed by atoms with Crippen molar-refractivity contribution in [1.29, 1.82) is 0 Å². The zero-order chi connectivity index (χ0) is 14.3. The van der Waals surface area contributed by atoms with Gasteiger partial charge in [-0.05, 0) is 49.7 Å². The van der Waals surface area contributed by atoms with E-state index >= 15 is 0 Å². The van der Waals surface area contributed by atoms with Crippen molar-refractivity contribution < 1.29 is 0 Å². The molecule has 0 bridgehead atoms. The number of rotatable bonds is 1.